The lowest BCUT2D eigenvalue weighted by Crippen LogP contribution is -2.40. The van der Waals surface area contributed by atoms with Gasteiger partial charge in [-0.3, -0.25) is 4.79 Å². The van der Waals surface area contributed by atoms with E-state index in [9.17, 15) is 9.59 Å². The van der Waals surface area contributed by atoms with Gasteiger partial charge in [0, 0.05) is 17.5 Å². The molecule has 0 saturated heterocycles. The molecule has 0 aromatic heterocycles. The first-order valence-electron chi connectivity index (χ1n) is 6.66. The molecular weight excluding hydrogens is 306 g/mol. The average molecular weight is 328 g/mol. The van der Waals surface area contributed by atoms with Crippen LogP contribution >= 0.6 is 12.4 Å². The lowest BCUT2D eigenvalue weighted by atomic mass is 10.0. The van der Waals surface area contributed by atoms with Gasteiger partial charge in [0.1, 0.15) is 6.04 Å². The van der Waals surface area contributed by atoms with Crippen LogP contribution < -0.4 is 16.8 Å². The largest absolute Gasteiger partial charge is 0.480 e. The molecule has 122 valence electrons. The third kappa shape index (κ3) is 6.49. The van der Waals surface area contributed by atoms with Crippen LogP contribution in [0, 0.1) is 5.92 Å². The number of carboxylic acid groups (broad SMARTS) is 1. The normalized spacial score (nSPS) is 12.0. The molecule has 0 fully saturated rings. The molecule has 1 amide bonds. The Kier molecular flexibility index (Phi) is 8.04. The summed E-state index contributed by atoms with van der Waals surface area (Å²) in [6, 6.07) is 4.05. The molecule has 22 heavy (non-hydrogen) atoms. The summed E-state index contributed by atoms with van der Waals surface area (Å²) >= 11 is 0. The Balaban J connectivity index is 0.00000441. The van der Waals surface area contributed by atoms with E-state index in [1.165, 1.54) is 12.2 Å². The molecule has 1 aromatic carbocycles. The predicted octanol–water partition coefficient (Wildman–Crippen LogP) is 1.90. The lowest BCUT2D eigenvalue weighted by molar-refractivity contribution is -0.141. The van der Waals surface area contributed by atoms with Crippen molar-refractivity contribution in [2.75, 3.05) is 11.5 Å². The van der Waals surface area contributed by atoms with E-state index in [0.29, 0.717) is 23.4 Å². The van der Waals surface area contributed by atoms with Crippen LogP contribution in [0.2, 0.25) is 0 Å². The van der Waals surface area contributed by atoms with Gasteiger partial charge in [0.2, 0.25) is 5.91 Å². The molecular formula is C15H22ClN3O3. The molecule has 0 spiro atoms. The van der Waals surface area contributed by atoms with Crippen LogP contribution in [-0.2, 0) is 9.59 Å². The first-order chi connectivity index (χ1) is 9.79. The summed E-state index contributed by atoms with van der Waals surface area (Å²) < 4.78 is 0. The summed E-state index contributed by atoms with van der Waals surface area (Å²) in [5.41, 5.74) is 13.0. The van der Waals surface area contributed by atoms with Crippen molar-refractivity contribution in [3.63, 3.8) is 0 Å². The van der Waals surface area contributed by atoms with E-state index in [1.807, 2.05) is 13.8 Å². The lowest BCUT2D eigenvalue weighted by Gasteiger charge is -2.15. The molecule has 0 aliphatic heterocycles. The van der Waals surface area contributed by atoms with Crippen LogP contribution in [0.4, 0.5) is 11.4 Å². The number of hydrogen-bond donors (Lipinski definition) is 4. The van der Waals surface area contributed by atoms with Crippen molar-refractivity contribution in [3.05, 3.63) is 29.8 Å². The second-order valence-corrected chi connectivity index (χ2v) is 5.25. The topological polar surface area (TPSA) is 118 Å². The highest BCUT2D eigenvalue weighted by atomic mass is 35.5. The minimum Gasteiger partial charge on any atom is -0.480 e. The first-order valence-corrected chi connectivity index (χ1v) is 6.66. The Morgan fingerprint density at radius 2 is 1.95 bits per heavy atom. The number of anilines is 2. The minimum atomic E-state index is -1.05. The van der Waals surface area contributed by atoms with Crippen LogP contribution in [0.5, 0.6) is 0 Å². The van der Waals surface area contributed by atoms with Crippen LogP contribution in [0.25, 0.3) is 6.08 Å². The van der Waals surface area contributed by atoms with E-state index in [4.69, 9.17) is 16.6 Å². The van der Waals surface area contributed by atoms with Crippen molar-refractivity contribution < 1.29 is 14.7 Å². The van der Waals surface area contributed by atoms with E-state index < -0.39 is 17.9 Å². The Morgan fingerprint density at radius 1 is 1.32 bits per heavy atom. The zero-order chi connectivity index (χ0) is 16.0. The highest BCUT2D eigenvalue weighted by molar-refractivity contribution is 5.95. The molecule has 6 N–H and O–H groups in total. The fourth-order valence-corrected chi connectivity index (χ4v) is 1.82. The van der Waals surface area contributed by atoms with Crippen molar-refractivity contribution >= 4 is 41.7 Å². The quantitative estimate of drug-likeness (QED) is 0.470. The summed E-state index contributed by atoms with van der Waals surface area (Å²) in [5.74, 6) is -1.36. The van der Waals surface area contributed by atoms with Gasteiger partial charge in [-0.25, -0.2) is 4.79 Å². The zero-order valence-electron chi connectivity index (χ0n) is 12.6. The smallest absolute Gasteiger partial charge is 0.326 e. The van der Waals surface area contributed by atoms with Gasteiger partial charge < -0.3 is 21.9 Å². The Bertz CT molecular complexity index is 559. The van der Waals surface area contributed by atoms with E-state index in [1.54, 1.807) is 18.2 Å². The van der Waals surface area contributed by atoms with Crippen LogP contribution in [0.3, 0.4) is 0 Å². The number of carbonyl (C=O) groups is 2. The molecule has 1 rings (SSSR count). The second-order valence-electron chi connectivity index (χ2n) is 5.25. The third-order valence-corrected chi connectivity index (χ3v) is 2.85. The maximum absolute atomic E-state index is 11.8. The SMILES string of the molecule is CC(C)C[C@H](NC(=O)C=Cc1cc(N)ccc1N)C(=O)O.Cl. The van der Waals surface area contributed by atoms with E-state index in [-0.39, 0.29) is 18.3 Å². The van der Waals surface area contributed by atoms with Crippen molar-refractivity contribution in [2.24, 2.45) is 5.92 Å². The fourth-order valence-electron chi connectivity index (χ4n) is 1.82. The monoisotopic (exact) mass is 327 g/mol. The molecule has 7 heteroatoms. The van der Waals surface area contributed by atoms with E-state index in [0.717, 1.165) is 0 Å². The molecule has 1 atom stereocenters. The number of carboxylic acids is 1. The molecule has 0 aliphatic carbocycles. The van der Waals surface area contributed by atoms with Crippen molar-refractivity contribution in [1.82, 2.24) is 5.32 Å². The Labute approximate surface area is 136 Å². The molecule has 0 heterocycles. The maximum Gasteiger partial charge on any atom is 0.326 e. The van der Waals surface area contributed by atoms with Gasteiger partial charge in [-0.15, -0.1) is 12.4 Å². The summed E-state index contributed by atoms with van der Waals surface area (Å²) in [6.07, 6.45) is 3.13. The maximum atomic E-state index is 11.8. The van der Waals surface area contributed by atoms with Crippen molar-refractivity contribution in [1.29, 1.82) is 0 Å². The number of nitrogens with two attached hydrogens (primary N) is 2. The molecule has 0 saturated carbocycles. The van der Waals surface area contributed by atoms with E-state index >= 15 is 0 Å². The number of halogens is 1. The number of nitrogen functional groups attached to an aromatic ring is 2. The summed E-state index contributed by atoms with van der Waals surface area (Å²) in [4.78, 5) is 22.8. The van der Waals surface area contributed by atoms with E-state index in [2.05, 4.69) is 5.32 Å². The van der Waals surface area contributed by atoms with Gasteiger partial charge in [0.25, 0.3) is 0 Å². The number of aliphatic carboxylic acids is 1. The van der Waals surface area contributed by atoms with Gasteiger partial charge in [-0.2, -0.15) is 0 Å². The van der Waals surface area contributed by atoms with Crippen LogP contribution in [0.15, 0.2) is 24.3 Å². The molecule has 0 radical (unpaired) electrons. The first kappa shape index (κ1) is 19.8. The molecule has 0 unspecified atom stereocenters. The third-order valence-electron chi connectivity index (χ3n) is 2.85. The zero-order valence-corrected chi connectivity index (χ0v) is 13.4. The number of benzene rings is 1. The predicted molar refractivity (Wildman–Crippen MR) is 90.6 cm³/mol. The Hall–Kier alpha value is -2.21. The highest BCUT2D eigenvalue weighted by Crippen LogP contribution is 2.17. The van der Waals surface area contributed by atoms with Gasteiger partial charge in [-0.1, -0.05) is 13.8 Å². The van der Waals surface area contributed by atoms with Gasteiger partial charge in [-0.05, 0) is 42.2 Å². The van der Waals surface area contributed by atoms with Crippen molar-refractivity contribution in [2.45, 2.75) is 26.3 Å². The van der Waals surface area contributed by atoms with Gasteiger partial charge >= 0.3 is 5.97 Å². The number of rotatable bonds is 6. The standard InChI is InChI=1S/C15H21N3O3.ClH/c1-9(2)7-13(15(20)21)18-14(19)6-3-10-8-11(16)4-5-12(10)17;/h3-6,8-9,13H,7,16-17H2,1-2H3,(H,18,19)(H,20,21);1H/t13-;/m0./s1. The van der Waals surface area contributed by atoms with Gasteiger partial charge in [0.15, 0.2) is 0 Å². The van der Waals surface area contributed by atoms with Crippen LogP contribution in [-0.4, -0.2) is 23.0 Å². The number of amides is 1. The number of nitrogens with one attached hydrogen (secondary N) is 1. The average Bonchev–Trinajstić information content (AvgIpc) is 2.38. The minimum absolute atomic E-state index is 0. The molecule has 6 nitrogen and oxygen atoms in total. The fraction of sp³-hybridized carbons (Fsp3) is 0.333. The number of carbonyl (C=O) groups excluding carboxylic acids is 1. The summed E-state index contributed by atoms with van der Waals surface area (Å²) in [5, 5.41) is 11.5. The molecule has 0 aliphatic rings. The molecule has 0 bridgehead atoms. The second kappa shape index (κ2) is 8.94. The Morgan fingerprint density at radius 3 is 2.50 bits per heavy atom. The summed E-state index contributed by atoms with van der Waals surface area (Å²) in [7, 11) is 0. The molecule has 1 aromatic rings. The van der Waals surface area contributed by atoms with Crippen LogP contribution in [0.1, 0.15) is 25.8 Å². The highest BCUT2D eigenvalue weighted by Gasteiger charge is 2.19. The number of hydrogen-bond acceptors (Lipinski definition) is 4. The summed E-state index contributed by atoms with van der Waals surface area (Å²) in [6.45, 7) is 3.79. The van der Waals surface area contributed by atoms with Crippen molar-refractivity contribution in [3.8, 4) is 0 Å². The van der Waals surface area contributed by atoms with Gasteiger partial charge in [0.05, 0.1) is 0 Å².